The lowest BCUT2D eigenvalue weighted by molar-refractivity contribution is -0.119. The number of aryl methyl sites for hydroxylation is 1. The summed E-state index contributed by atoms with van der Waals surface area (Å²) < 4.78 is 0. The molecule has 0 radical (unpaired) electrons. The Balaban J connectivity index is 2.36. The zero-order valence-corrected chi connectivity index (χ0v) is 9.45. The van der Waals surface area contributed by atoms with Crippen molar-refractivity contribution in [2.75, 3.05) is 0 Å². The molecule has 2 nitrogen and oxygen atoms in total. The zero-order chi connectivity index (χ0) is 11.2. The molecule has 1 aromatic rings. The smallest absolute Gasteiger partial charge is 0.221 e. The van der Waals surface area contributed by atoms with Gasteiger partial charge in [-0.15, -0.1) is 0 Å². The highest BCUT2D eigenvalue weighted by Gasteiger charge is 2.61. The normalized spacial score (nSPS) is 27.4. The number of amides is 1. The summed E-state index contributed by atoms with van der Waals surface area (Å²) in [4.78, 5) is 11.3. The molecule has 15 heavy (non-hydrogen) atoms. The van der Waals surface area contributed by atoms with Crippen LogP contribution in [0.25, 0.3) is 0 Å². The Morgan fingerprint density at radius 1 is 1.33 bits per heavy atom. The van der Waals surface area contributed by atoms with Crippen LogP contribution in [-0.4, -0.2) is 5.91 Å². The molecule has 0 saturated heterocycles. The van der Waals surface area contributed by atoms with Crippen molar-refractivity contribution in [3.05, 3.63) is 35.4 Å². The van der Waals surface area contributed by atoms with Gasteiger partial charge in [0.05, 0.1) is 5.92 Å². The first-order valence-electron chi connectivity index (χ1n) is 5.31. The Kier molecular flexibility index (Phi) is 2.10. The summed E-state index contributed by atoms with van der Waals surface area (Å²) in [6.45, 7) is 6.31. The molecule has 0 unspecified atom stereocenters. The molecule has 0 spiro atoms. The Bertz CT molecular complexity index is 409. The van der Waals surface area contributed by atoms with Crippen LogP contribution in [0.3, 0.4) is 0 Å². The third kappa shape index (κ3) is 1.44. The van der Waals surface area contributed by atoms with Crippen molar-refractivity contribution < 1.29 is 4.79 Å². The van der Waals surface area contributed by atoms with Gasteiger partial charge in [-0.05, 0) is 23.5 Å². The quantitative estimate of drug-likeness (QED) is 0.786. The lowest BCUT2D eigenvalue weighted by atomic mass is 9.99. The van der Waals surface area contributed by atoms with Crippen LogP contribution in [0.1, 0.15) is 30.9 Å². The lowest BCUT2D eigenvalue weighted by Crippen LogP contribution is -2.16. The second-order valence-corrected chi connectivity index (χ2v) is 5.04. The third-order valence-corrected chi connectivity index (χ3v) is 3.66. The highest BCUT2D eigenvalue weighted by atomic mass is 16.1. The molecule has 0 aromatic heterocycles. The Labute approximate surface area is 90.5 Å². The average Bonchev–Trinajstić information content (AvgIpc) is 2.70. The van der Waals surface area contributed by atoms with Crippen molar-refractivity contribution in [3.8, 4) is 0 Å². The van der Waals surface area contributed by atoms with Gasteiger partial charge < -0.3 is 5.73 Å². The number of benzene rings is 1. The Hall–Kier alpha value is -1.31. The molecule has 2 heteroatoms. The van der Waals surface area contributed by atoms with Gasteiger partial charge in [0.25, 0.3) is 0 Å². The summed E-state index contributed by atoms with van der Waals surface area (Å²) in [5, 5.41) is 0. The molecule has 1 aliphatic rings. The first kappa shape index (κ1) is 10.2. The molecule has 2 atom stereocenters. The van der Waals surface area contributed by atoms with E-state index in [0.29, 0.717) is 5.92 Å². The van der Waals surface area contributed by atoms with Crippen molar-refractivity contribution in [3.63, 3.8) is 0 Å². The zero-order valence-electron chi connectivity index (χ0n) is 9.45. The second kappa shape index (κ2) is 3.09. The summed E-state index contributed by atoms with van der Waals surface area (Å²) in [5.41, 5.74) is 7.96. The molecular formula is C13H17NO. The van der Waals surface area contributed by atoms with Crippen molar-refractivity contribution in [2.45, 2.75) is 26.7 Å². The fraction of sp³-hybridized carbons (Fsp3) is 0.462. The maximum absolute atomic E-state index is 11.3. The molecule has 1 amide bonds. The van der Waals surface area contributed by atoms with Crippen LogP contribution < -0.4 is 5.73 Å². The molecule has 1 saturated carbocycles. The predicted molar refractivity (Wildman–Crippen MR) is 60.4 cm³/mol. The maximum Gasteiger partial charge on any atom is 0.221 e. The maximum atomic E-state index is 11.3. The number of nitrogens with two attached hydrogens (primary N) is 1. The Morgan fingerprint density at radius 2 is 1.93 bits per heavy atom. The summed E-state index contributed by atoms with van der Waals surface area (Å²) in [7, 11) is 0. The van der Waals surface area contributed by atoms with Gasteiger partial charge >= 0.3 is 0 Å². The molecule has 1 fully saturated rings. The highest BCUT2D eigenvalue weighted by Crippen LogP contribution is 2.64. The van der Waals surface area contributed by atoms with Crippen LogP contribution >= 0.6 is 0 Å². The average molecular weight is 203 g/mol. The van der Waals surface area contributed by atoms with Gasteiger partial charge in [-0.1, -0.05) is 38.1 Å². The minimum Gasteiger partial charge on any atom is -0.369 e. The summed E-state index contributed by atoms with van der Waals surface area (Å²) in [5.74, 6) is 0.128. The topological polar surface area (TPSA) is 43.1 Å². The molecule has 0 aliphatic heterocycles. The van der Waals surface area contributed by atoms with E-state index >= 15 is 0 Å². The van der Waals surface area contributed by atoms with E-state index in [1.807, 2.05) is 12.1 Å². The Morgan fingerprint density at radius 3 is 2.40 bits per heavy atom. The SMILES string of the molecule is Cc1ccccc1[C@H]1[C@H](C(N)=O)C1(C)C. The molecule has 2 N–H and O–H groups in total. The standard InChI is InChI=1S/C13H17NO/c1-8-6-4-5-7-9(8)10-11(12(14)15)13(10,2)3/h4-7,10-11H,1-3H3,(H2,14,15)/t10-,11+/m0/s1. The van der Waals surface area contributed by atoms with E-state index in [1.54, 1.807) is 0 Å². The highest BCUT2D eigenvalue weighted by molar-refractivity contribution is 5.83. The molecule has 0 heterocycles. The number of hydrogen-bond acceptors (Lipinski definition) is 1. The van der Waals surface area contributed by atoms with E-state index in [4.69, 9.17) is 5.73 Å². The third-order valence-electron chi connectivity index (χ3n) is 3.66. The molecule has 0 bridgehead atoms. The van der Waals surface area contributed by atoms with E-state index in [2.05, 4.69) is 32.9 Å². The predicted octanol–water partition coefficient (Wildman–Crippen LogP) is 2.22. The molecular weight excluding hydrogens is 186 g/mol. The van der Waals surface area contributed by atoms with Gasteiger partial charge in [0.2, 0.25) is 5.91 Å². The van der Waals surface area contributed by atoms with E-state index < -0.39 is 0 Å². The second-order valence-electron chi connectivity index (χ2n) is 5.04. The van der Waals surface area contributed by atoms with Crippen molar-refractivity contribution in [2.24, 2.45) is 17.1 Å². The summed E-state index contributed by atoms with van der Waals surface area (Å²) >= 11 is 0. The van der Waals surface area contributed by atoms with Crippen LogP contribution in [0.15, 0.2) is 24.3 Å². The number of carbonyl (C=O) groups is 1. The van der Waals surface area contributed by atoms with Crippen molar-refractivity contribution in [1.82, 2.24) is 0 Å². The van der Waals surface area contributed by atoms with E-state index in [9.17, 15) is 4.79 Å². The van der Waals surface area contributed by atoms with Crippen LogP contribution in [0.2, 0.25) is 0 Å². The van der Waals surface area contributed by atoms with Gasteiger partial charge in [-0.2, -0.15) is 0 Å². The van der Waals surface area contributed by atoms with Crippen molar-refractivity contribution in [1.29, 1.82) is 0 Å². The van der Waals surface area contributed by atoms with Crippen LogP contribution in [-0.2, 0) is 4.79 Å². The van der Waals surface area contributed by atoms with Crippen molar-refractivity contribution >= 4 is 5.91 Å². The summed E-state index contributed by atoms with van der Waals surface area (Å²) in [6.07, 6.45) is 0. The first-order valence-corrected chi connectivity index (χ1v) is 5.31. The van der Waals surface area contributed by atoms with Gasteiger partial charge in [0.1, 0.15) is 0 Å². The fourth-order valence-electron chi connectivity index (χ4n) is 2.68. The number of rotatable bonds is 2. The first-order chi connectivity index (χ1) is 6.96. The van der Waals surface area contributed by atoms with Crippen LogP contribution in [0.5, 0.6) is 0 Å². The molecule has 1 aromatic carbocycles. The molecule has 1 aliphatic carbocycles. The monoisotopic (exact) mass is 203 g/mol. The largest absolute Gasteiger partial charge is 0.369 e. The minimum absolute atomic E-state index is 0.00130. The van der Waals surface area contributed by atoms with Gasteiger partial charge in [-0.25, -0.2) is 0 Å². The van der Waals surface area contributed by atoms with Crippen LogP contribution in [0, 0.1) is 18.3 Å². The van der Waals surface area contributed by atoms with E-state index in [-0.39, 0.29) is 17.2 Å². The summed E-state index contributed by atoms with van der Waals surface area (Å²) in [6, 6.07) is 8.23. The minimum atomic E-state index is -0.173. The van der Waals surface area contributed by atoms with Crippen LogP contribution in [0.4, 0.5) is 0 Å². The van der Waals surface area contributed by atoms with Gasteiger partial charge in [-0.3, -0.25) is 4.79 Å². The van der Waals surface area contributed by atoms with E-state index in [1.165, 1.54) is 11.1 Å². The molecule has 2 rings (SSSR count). The lowest BCUT2D eigenvalue weighted by Gasteiger charge is -2.05. The fourth-order valence-corrected chi connectivity index (χ4v) is 2.68. The number of carbonyl (C=O) groups excluding carboxylic acids is 1. The number of primary amides is 1. The van der Waals surface area contributed by atoms with E-state index in [0.717, 1.165) is 0 Å². The van der Waals surface area contributed by atoms with Gasteiger partial charge in [0, 0.05) is 5.92 Å². The number of hydrogen-bond donors (Lipinski definition) is 1. The van der Waals surface area contributed by atoms with Gasteiger partial charge in [0.15, 0.2) is 0 Å². The molecule has 80 valence electrons.